The molecule has 1 aliphatic rings. The molecule has 1 fully saturated rings. The number of nitrogens with two attached hydrogens (primary N) is 1. The van der Waals surface area contributed by atoms with Crippen molar-refractivity contribution >= 4 is 18.1 Å². The van der Waals surface area contributed by atoms with Gasteiger partial charge in [-0.1, -0.05) is 0 Å². The van der Waals surface area contributed by atoms with Gasteiger partial charge >= 0.3 is 0 Å². The van der Waals surface area contributed by atoms with Crippen LogP contribution in [0.4, 0.5) is 14.5 Å². The van der Waals surface area contributed by atoms with Crippen molar-refractivity contribution in [2.24, 2.45) is 0 Å². The van der Waals surface area contributed by atoms with Crippen LogP contribution in [0.5, 0.6) is 0 Å². The van der Waals surface area contributed by atoms with E-state index in [1.807, 2.05) is 13.8 Å². The van der Waals surface area contributed by atoms with Crippen molar-refractivity contribution in [3.05, 3.63) is 29.3 Å². The average molecular weight is 293 g/mol. The van der Waals surface area contributed by atoms with E-state index in [4.69, 9.17) is 5.73 Å². The summed E-state index contributed by atoms with van der Waals surface area (Å²) in [6, 6.07) is 1.99. The number of anilines is 1. The van der Waals surface area contributed by atoms with Crippen molar-refractivity contribution in [1.82, 2.24) is 5.32 Å². The highest BCUT2D eigenvalue weighted by molar-refractivity contribution is 5.85. The Hall–Kier alpha value is -0.910. The minimum absolute atomic E-state index is 0. The lowest BCUT2D eigenvalue weighted by Gasteiger charge is -2.24. The molecule has 0 saturated carbocycles. The molecule has 3 nitrogen and oxygen atoms in total. The standard InChI is InChI=1S/C13H18F2N2O.ClH/c1-13(2)4-3-10(17-13)12(18)7-5-8(14)11(16)9(15)6-7;/h5-6,10,12,17-18H,3-4,16H2,1-2H3;1H/t10?,12-;/m1./s1. The van der Waals surface area contributed by atoms with Crippen LogP contribution in [0.3, 0.4) is 0 Å². The van der Waals surface area contributed by atoms with Gasteiger partial charge in [0.15, 0.2) is 0 Å². The number of aliphatic hydroxyl groups excluding tert-OH is 1. The molecule has 0 aromatic heterocycles. The molecule has 0 spiro atoms. The maximum absolute atomic E-state index is 13.3. The highest BCUT2D eigenvalue weighted by atomic mass is 35.5. The van der Waals surface area contributed by atoms with Crippen molar-refractivity contribution in [3.63, 3.8) is 0 Å². The van der Waals surface area contributed by atoms with Gasteiger partial charge in [0.2, 0.25) is 0 Å². The van der Waals surface area contributed by atoms with Gasteiger partial charge in [-0.05, 0) is 44.4 Å². The molecule has 0 aliphatic carbocycles. The van der Waals surface area contributed by atoms with E-state index in [2.05, 4.69) is 5.32 Å². The number of halogens is 3. The van der Waals surface area contributed by atoms with Gasteiger partial charge in [-0.15, -0.1) is 12.4 Å². The Kier molecular flexibility index (Phi) is 4.76. The first-order valence-corrected chi connectivity index (χ1v) is 6.00. The summed E-state index contributed by atoms with van der Waals surface area (Å²) in [7, 11) is 0. The van der Waals surface area contributed by atoms with Gasteiger partial charge in [0, 0.05) is 11.6 Å². The summed E-state index contributed by atoms with van der Waals surface area (Å²) >= 11 is 0. The molecule has 0 bridgehead atoms. The first kappa shape index (κ1) is 16.1. The smallest absolute Gasteiger partial charge is 0.149 e. The third-order valence-electron chi connectivity index (χ3n) is 3.48. The van der Waals surface area contributed by atoms with Gasteiger partial charge in [0.1, 0.15) is 17.3 Å². The van der Waals surface area contributed by atoms with Crippen LogP contribution in [-0.4, -0.2) is 16.7 Å². The van der Waals surface area contributed by atoms with E-state index < -0.39 is 23.4 Å². The Balaban J connectivity index is 0.00000180. The summed E-state index contributed by atoms with van der Waals surface area (Å²) < 4.78 is 26.7. The van der Waals surface area contributed by atoms with E-state index in [-0.39, 0.29) is 29.6 Å². The van der Waals surface area contributed by atoms with Crippen LogP contribution in [0.15, 0.2) is 12.1 Å². The van der Waals surface area contributed by atoms with E-state index in [0.29, 0.717) is 0 Å². The Bertz CT molecular complexity index is 445. The fourth-order valence-corrected chi connectivity index (χ4v) is 2.41. The van der Waals surface area contributed by atoms with Crippen LogP contribution >= 0.6 is 12.4 Å². The van der Waals surface area contributed by atoms with Crippen molar-refractivity contribution in [2.45, 2.75) is 44.4 Å². The molecule has 2 atom stereocenters. The normalized spacial score (nSPS) is 22.9. The maximum Gasteiger partial charge on any atom is 0.149 e. The van der Waals surface area contributed by atoms with Crippen LogP contribution in [0, 0.1) is 11.6 Å². The molecule has 108 valence electrons. The van der Waals surface area contributed by atoms with Crippen LogP contribution in [0.2, 0.25) is 0 Å². The SMILES string of the molecule is CC1(C)CCC([C@H](O)c2cc(F)c(N)c(F)c2)N1.Cl. The van der Waals surface area contributed by atoms with Gasteiger partial charge in [-0.3, -0.25) is 0 Å². The molecule has 1 saturated heterocycles. The number of nitrogen functional groups attached to an aromatic ring is 1. The lowest BCUT2D eigenvalue weighted by Crippen LogP contribution is -2.40. The minimum Gasteiger partial charge on any atom is -0.394 e. The third kappa shape index (κ3) is 3.35. The number of aliphatic hydroxyl groups is 1. The molecule has 2 rings (SSSR count). The fourth-order valence-electron chi connectivity index (χ4n) is 2.41. The Labute approximate surface area is 117 Å². The molecular formula is C13H19ClF2N2O. The first-order chi connectivity index (χ1) is 8.30. The van der Waals surface area contributed by atoms with Crippen molar-refractivity contribution in [2.75, 3.05) is 5.73 Å². The van der Waals surface area contributed by atoms with Gasteiger partial charge in [0.25, 0.3) is 0 Å². The van der Waals surface area contributed by atoms with Gasteiger partial charge in [-0.25, -0.2) is 8.78 Å². The Morgan fingerprint density at radius 2 is 1.89 bits per heavy atom. The Morgan fingerprint density at radius 3 is 2.32 bits per heavy atom. The zero-order chi connectivity index (χ0) is 13.5. The number of rotatable bonds is 2. The van der Waals surface area contributed by atoms with Crippen LogP contribution < -0.4 is 11.1 Å². The Morgan fingerprint density at radius 1 is 1.37 bits per heavy atom. The number of benzene rings is 1. The molecular weight excluding hydrogens is 274 g/mol. The van der Waals surface area contributed by atoms with Crippen molar-refractivity contribution < 1.29 is 13.9 Å². The van der Waals surface area contributed by atoms with Gasteiger partial charge in [0.05, 0.1) is 6.10 Å². The minimum atomic E-state index is -0.934. The number of nitrogens with one attached hydrogen (secondary N) is 1. The zero-order valence-corrected chi connectivity index (χ0v) is 11.7. The summed E-state index contributed by atoms with van der Waals surface area (Å²) in [6.07, 6.45) is 0.743. The number of hydrogen-bond donors (Lipinski definition) is 3. The highest BCUT2D eigenvalue weighted by Gasteiger charge is 2.34. The molecule has 0 radical (unpaired) electrons. The first-order valence-electron chi connectivity index (χ1n) is 6.00. The molecule has 6 heteroatoms. The van der Waals surface area contributed by atoms with E-state index in [1.165, 1.54) is 0 Å². The zero-order valence-electron chi connectivity index (χ0n) is 10.9. The lowest BCUT2D eigenvalue weighted by atomic mass is 9.99. The van der Waals surface area contributed by atoms with E-state index in [9.17, 15) is 13.9 Å². The lowest BCUT2D eigenvalue weighted by molar-refractivity contribution is 0.131. The monoisotopic (exact) mass is 292 g/mol. The quantitative estimate of drug-likeness (QED) is 0.734. The summed E-state index contributed by atoms with van der Waals surface area (Å²) in [5.41, 5.74) is 4.85. The largest absolute Gasteiger partial charge is 0.394 e. The van der Waals surface area contributed by atoms with Crippen LogP contribution in [-0.2, 0) is 0 Å². The molecule has 4 N–H and O–H groups in total. The van der Waals surface area contributed by atoms with E-state index >= 15 is 0 Å². The molecule has 1 aromatic carbocycles. The molecule has 0 amide bonds. The van der Waals surface area contributed by atoms with E-state index in [1.54, 1.807) is 0 Å². The fraction of sp³-hybridized carbons (Fsp3) is 0.538. The summed E-state index contributed by atoms with van der Waals surface area (Å²) in [5.74, 6) is -1.66. The van der Waals surface area contributed by atoms with Crippen LogP contribution in [0.1, 0.15) is 38.4 Å². The van der Waals surface area contributed by atoms with Gasteiger partial charge < -0.3 is 16.2 Å². The molecule has 1 aromatic rings. The summed E-state index contributed by atoms with van der Waals surface area (Å²) in [4.78, 5) is 0. The second-order valence-corrected chi connectivity index (χ2v) is 5.52. The predicted octanol–water partition coefficient (Wildman–Crippen LogP) is 2.53. The predicted molar refractivity (Wildman–Crippen MR) is 73.2 cm³/mol. The topological polar surface area (TPSA) is 58.3 Å². The third-order valence-corrected chi connectivity index (χ3v) is 3.48. The summed E-state index contributed by atoms with van der Waals surface area (Å²) in [6.45, 7) is 4.06. The molecule has 19 heavy (non-hydrogen) atoms. The van der Waals surface area contributed by atoms with E-state index in [0.717, 1.165) is 25.0 Å². The van der Waals surface area contributed by atoms with Crippen LogP contribution in [0.25, 0.3) is 0 Å². The molecule has 1 unspecified atom stereocenters. The van der Waals surface area contributed by atoms with Crippen molar-refractivity contribution in [3.8, 4) is 0 Å². The second kappa shape index (κ2) is 5.61. The second-order valence-electron chi connectivity index (χ2n) is 5.52. The number of hydrogen-bond acceptors (Lipinski definition) is 3. The van der Waals surface area contributed by atoms with Gasteiger partial charge in [-0.2, -0.15) is 0 Å². The maximum atomic E-state index is 13.3. The summed E-state index contributed by atoms with van der Waals surface area (Å²) in [5, 5.41) is 13.4. The average Bonchev–Trinajstić information content (AvgIpc) is 2.65. The highest BCUT2D eigenvalue weighted by Crippen LogP contribution is 2.31. The van der Waals surface area contributed by atoms with Crippen molar-refractivity contribution in [1.29, 1.82) is 0 Å². The molecule has 1 heterocycles. The molecule has 1 aliphatic heterocycles.